The summed E-state index contributed by atoms with van der Waals surface area (Å²) in [7, 11) is 0. The summed E-state index contributed by atoms with van der Waals surface area (Å²) in [5.74, 6) is 0. The predicted octanol–water partition coefficient (Wildman–Crippen LogP) is 3.34. The van der Waals surface area contributed by atoms with Gasteiger partial charge >= 0.3 is 6.09 Å². The minimum atomic E-state index is -0.432. The molecule has 3 rings (SSSR count). The summed E-state index contributed by atoms with van der Waals surface area (Å²) in [6.07, 6.45) is 5.24. The van der Waals surface area contributed by atoms with Crippen molar-refractivity contribution in [3.8, 4) is 0 Å². The van der Waals surface area contributed by atoms with Crippen LogP contribution < -0.4 is 5.32 Å². The topological polar surface area (TPSA) is 46.5 Å². The van der Waals surface area contributed by atoms with Gasteiger partial charge in [0.1, 0.15) is 5.60 Å². The fourth-order valence-corrected chi connectivity index (χ4v) is 3.64. The number of carbonyl (C=O) groups excluding carboxylic acids is 1. The first-order valence-electron chi connectivity index (χ1n) is 8.59. The van der Waals surface area contributed by atoms with Crippen LogP contribution in [0.15, 0.2) is 18.5 Å². The fraction of sp³-hybridized carbons (Fsp3) is 0.722. The molecular weight excluding hydrogens is 290 g/mol. The maximum Gasteiger partial charge on any atom is 0.410 e. The van der Waals surface area contributed by atoms with Crippen molar-refractivity contribution < 1.29 is 9.53 Å². The number of nitrogens with zero attached hydrogens (tertiary/aromatic N) is 2. The smallest absolute Gasteiger partial charge is 0.410 e. The maximum absolute atomic E-state index is 12.3. The number of hydrogen-bond acceptors (Lipinski definition) is 3. The number of aromatic nitrogens is 1. The highest BCUT2D eigenvalue weighted by molar-refractivity contribution is 5.68. The third kappa shape index (κ3) is 3.11. The molecule has 0 aliphatic carbocycles. The van der Waals surface area contributed by atoms with Gasteiger partial charge in [-0.3, -0.25) is 0 Å². The number of hydrogen-bond donors (Lipinski definition) is 1. The van der Waals surface area contributed by atoms with Gasteiger partial charge in [-0.2, -0.15) is 0 Å². The molecule has 5 nitrogen and oxygen atoms in total. The fourth-order valence-electron chi connectivity index (χ4n) is 3.64. The second-order valence-electron chi connectivity index (χ2n) is 8.31. The van der Waals surface area contributed by atoms with Crippen molar-refractivity contribution >= 4 is 6.09 Å². The number of nitrogens with one attached hydrogen (secondary N) is 1. The Bertz CT molecular complexity index is 587. The number of likely N-dealkylation sites (tertiary alicyclic amines) is 1. The molecule has 23 heavy (non-hydrogen) atoms. The van der Waals surface area contributed by atoms with Crippen LogP contribution >= 0.6 is 0 Å². The third-order valence-electron chi connectivity index (χ3n) is 4.97. The van der Waals surface area contributed by atoms with E-state index >= 15 is 0 Å². The molecule has 5 heteroatoms. The lowest BCUT2D eigenvalue weighted by Gasteiger charge is -2.48. The Morgan fingerprint density at radius 3 is 2.70 bits per heavy atom. The summed E-state index contributed by atoms with van der Waals surface area (Å²) in [6.45, 7) is 12.7. The van der Waals surface area contributed by atoms with Gasteiger partial charge in [0.05, 0.1) is 0 Å². The Morgan fingerprint density at radius 2 is 2.17 bits per heavy atom. The van der Waals surface area contributed by atoms with Crippen molar-refractivity contribution in [1.82, 2.24) is 14.8 Å². The van der Waals surface area contributed by atoms with E-state index in [1.54, 1.807) is 0 Å². The molecule has 128 valence electrons. The quantitative estimate of drug-likeness (QED) is 0.909. The molecule has 0 saturated carbocycles. The highest BCUT2D eigenvalue weighted by Crippen LogP contribution is 2.48. The van der Waals surface area contributed by atoms with E-state index in [4.69, 9.17) is 4.74 Å². The lowest BCUT2D eigenvalue weighted by Crippen LogP contribution is -2.57. The lowest BCUT2D eigenvalue weighted by atomic mass is 9.70. The van der Waals surface area contributed by atoms with Crippen LogP contribution in [0, 0.1) is 5.41 Å². The van der Waals surface area contributed by atoms with E-state index in [1.165, 1.54) is 5.56 Å². The predicted molar refractivity (Wildman–Crippen MR) is 90.4 cm³/mol. The van der Waals surface area contributed by atoms with Crippen LogP contribution in [-0.2, 0) is 4.74 Å². The molecule has 0 radical (unpaired) electrons. The molecule has 1 amide bonds. The van der Waals surface area contributed by atoms with Crippen molar-refractivity contribution in [2.45, 2.75) is 58.7 Å². The molecule has 1 N–H and O–H groups in total. The Labute approximate surface area is 139 Å². The van der Waals surface area contributed by atoms with Crippen molar-refractivity contribution in [2.24, 2.45) is 5.41 Å². The second kappa shape index (κ2) is 5.55. The van der Waals surface area contributed by atoms with Crippen LogP contribution in [0.1, 0.15) is 58.7 Å². The molecule has 2 fully saturated rings. The first-order valence-corrected chi connectivity index (χ1v) is 8.59. The van der Waals surface area contributed by atoms with Crippen molar-refractivity contribution in [3.63, 3.8) is 0 Å². The van der Waals surface area contributed by atoms with E-state index in [1.807, 2.05) is 25.7 Å². The molecule has 0 bridgehead atoms. The van der Waals surface area contributed by atoms with Gasteiger partial charge in [-0.15, -0.1) is 0 Å². The molecule has 1 aromatic heterocycles. The monoisotopic (exact) mass is 319 g/mol. The maximum atomic E-state index is 12.3. The van der Waals surface area contributed by atoms with E-state index in [2.05, 4.69) is 42.2 Å². The standard InChI is InChI=1S/C18H29N3O2/c1-13(2)20-8-6-14(10-20)15-18(11-19-15)7-9-21(12-18)16(22)23-17(3,4)5/h6,8,10,13,15,19H,7,9,11-12H2,1-5H3/t15-,18-/m0/s1. The van der Waals surface area contributed by atoms with Crippen LogP contribution in [0.3, 0.4) is 0 Å². The molecule has 0 unspecified atom stereocenters. The molecule has 2 aliphatic heterocycles. The first kappa shape index (κ1) is 16.4. The normalized spacial score (nSPS) is 27.6. The van der Waals surface area contributed by atoms with Gasteiger partial charge in [-0.05, 0) is 52.7 Å². The van der Waals surface area contributed by atoms with Gasteiger partial charge < -0.3 is 19.5 Å². The number of amides is 1. The molecule has 2 atom stereocenters. The van der Waals surface area contributed by atoms with Crippen LogP contribution in [0.25, 0.3) is 0 Å². The Hall–Kier alpha value is -1.49. The highest BCUT2D eigenvalue weighted by atomic mass is 16.6. The number of ether oxygens (including phenoxy) is 1. The number of rotatable bonds is 2. The van der Waals surface area contributed by atoms with Crippen LogP contribution in [0.4, 0.5) is 4.79 Å². The van der Waals surface area contributed by atoms with Gasteiger partial charge in [0.2, 0.25) is 0 Å². The van der Waals surface area contributed by atoms with Crippen molar-refractivity contribution in [1.29, 1.82) is 0 Å². The molecule has 0 aromatic carbocycles. The Balaban J connectivity index is 1.68. The average Bonchev–Trinajstić information content (AvgIpc) is 3.03. The average molecular weight is 319 g/mol. The van der Waals surface area contributed by atoms with Crippen LogP contribution in [0.5, 0.6) is 0 Å². The zero-order chi connectivity index (χ0) is 16.8. The molecule has 1 spiro atoms. The molecule has 2 saturated heterocycles. The third-order valence-corrected chi connectivity index (χ3v) is 4.97. The lowest BCUT2D eigenvalue weighted by molar-refractivity contribution is 0.0216. The minimum Gasteiger partial charge on any atom is -0.444 e. The van der Waals surface area contributed by atoms with Gasteiger partial charge in [0.15, 0.2) is 0 Å². The van der Waals surface area contributed by atoms with Crippen molar-refractivity contribution in [2.75, 3.05) is 19.6 Å². The molecule has 1 aromatic rings. The first-order chi connectivity index (χ1) is 10.7. The van der Waals surface area contributed by atoms with Gasteiger partial charge in [-0.1, -0.05) is 0 Å². The summed E-state index contributed by atoms with van der Waals surface area (Å²) in [5.41, 5.74) is 1.06. The Morgan fingerprint density at radius 1 is 1.43 bits per heavy atom. The zero-order valence-corrected chi connectivity index (χ0v) is 14.9. The zero-order valence-electron chi connectivity index (χ0n) is 14.9. The van der Waals surface area contributed by atoms with Gasteiger partial charge in [0.25, 0.3) is 0 Å². The molecular formula is C18H29N3O2. The highest BCUT2D eigenvalue weighted by Gasteiger charge is 2.52. The SMILES string of the molecule is CC(C)n1ccc([C@@H]2NC[C@]23CCN(C(=O)OC(C)(C)C)C3)c1. The van der Waals surface area contributed by atoms with Gasteiger partial charge in [-0.25, -0.2) is 4.79 Å². The Kier molecular flexibility index (Phi) is 3.95. The summed E-state index contributed by atoms with van der Waals surface area (Å²) in [4.78, 5) is 14.2. The summed E-state index contributed by atoms with van der Waals surface area (Å²) in [5, 5.41) is 3.56. The molecule has 2 aliphatic rings. The van der Waals surface area contributed by atoms with E-state index < -0.39 is 5.60 Å². The second-order valence-corrected chi connectivity index (χ2v) is 8.31. The van der Waals surface area contributed by atoms with Crippen molar-refractivity contribution in [3.05, 3.63) is 24.0 Å². The van der Waals surface area contributed by atoms with Gasteiger partial charge in [0, 0.05) is 49.5 Å². The minimum absolute atomic E-state index is 0.167. The van der Waals surface area contributed by atoms with E-state index in [-0.39, 0.29) is 11.5 Å². The number of carbonyl (C=O) groups is 1. The largest absolute Gasteiger partial charge is 0.444 e. The van der Waals surface area contributed by atoms with E-state index in [0.29, 0.717) is 12.1 Å². The summed E-state index contributed by atoms with van der Waals surface area (Å²) < 4.78 is 7.76. The van der Waals surface area contributed by atoms with E-state index in [9.17, 15) is 4.79 Å². The van der Waals surface area contributed by atoms with Crippen LogP contribution in [-0.4, -0.2) is 40.8 Å². The summed E-state index contributed by atoms with van der Waals surface area (Å²) >= 11 is 0. The van der Waals surface area contributed by atoms with E-state index in [0.717, 1.165) is 26.1 Å². The molecule has 3 heterocycles. The van der Waals surface area contributed by atoms with Crippen LogP contribution in [0.2, 0.25) is 0 Å². The summed E-state index contributed by atoms with van der Waals surface area (Å²) in [6, 6.07) is 3.02.